The topological polar surface area (TPSA) is 111 Å². The summed E-state index contributed by atoms with van der Waals surface area (Å²) in [6.07, 6.45) is 88.1. The quantitative estimate of drug-likeness (QED) is 0.0256. The van der Waals surface area contributed by atoms with Gasteiger partial charge in [0.25, 0.3) is 7.82 Å². The predicted octanol–water partition coefficient (Wildman–Crippen LogP) is 25.8. The number of hydrogen-bond donors (Lipinski definition) is 0. The monoisotopic (exact) mass is 1280 g/mol. The Morgan fingerprint density at radius 1 is 0.303 bits per heavy atom. The first-order chi connectivity index (χ1) is 43.5. The summed E-state index contributed by atoms with van der Waals surface area (Å²) in [6.45, 7) is 4.35. The van der Waals surface area contributed by atoms with Crippen LogP contribution in [0.15, 0.2) is 0 Å². The first-order valence-corrected chi connectivity index (χ1v) is 41.7. The molecule has 0 fully saturated rings. The fourth-order valence-electron chi connectivity index (χ4n) is 12.7. The van der Waals surface area contributed by atoms with Crippen LogP contribution in [0.2, 0.25) is 0 Å². The summed E-state index contributed by atoms with van der Waals surface area (Å²) in [4.78, 5) is 38.2. The third kappa shape index (κ3) is 75.9. The highest BCUT2D eigenvalue weighted by molar-refractivity contribution is 7.45. The smallest absolute Gasteiger partial charge is 0.306 e. The van der Waals surface area contributed by atoms with E-state index in [1.54, 1.807) is 0 Å². The number of phosphoric acid groups is 1. The number of likely N-dealkylation sites (N-methyl/N-ethyl adjacent to an activating group) is 1. The van der Waals surface area contributed by atoms with Crippen LogP contribution in [0.1, 0.15) is 444 Å². The number of quaternary nitrogens is 1. The lowest BCUT2D eigenvalue weighted by Crippen LogP contribution is -2.37. The molecular formula is C79H158NO8P. The van der Waals surface area contributed by atoms with Gasteiger partial charge in [-0.3, -0.25) is 14.2 Å². The molecule has 10 heteroatoms. The van der Waals surface area contributed by atoms with Gasteiger partial charge in [-0.1, -0.05) is 418 Å². The number of ether oxygens (including phenoxy) is 2. The van der Waals surface area contributed by atoms with E-state index in [9.17, 15) is 19.0 Å². The van der Waals surface area contributed by atoms with E-state index in [0.29, 0.717) is 17.4 Å². The molecule has 0 aliphatic rings. The standard InChI is InChI=1S/C79H158NO8P/c1-6-8-10-12-14-16-18-20-22-24-26-28-30-32-34-36-37-38-39-40-41-42-44-46-48-50-52-54-56-58-60-62-64-66-68-70-72-79(82)88-77(76-87-89(83,84)86-74-73-80(3,4)5)75-85-78(81)71-69-67-65-63-61-59-57-55-53-51-49-47-45-43-35-33-31-29-27-25-23-21-19-17-15-13-11-9-7-2/h77H,6-76H2,1-5H3. The molecule has 89 heavy (non-hydrogen) atoms. The molecule has 0 bridgehead atoms. The van der Waals surface area contributed by atoms with Gasteiger partial charge in [-0.25, -0.2) is 0 Å². The lowest BCUT2D eigenvalue weighted by molar-refractivity contribution is -0.870. The lowest BCUT2D eigenvalue weighted by atomic mass is 10.0. The Balaban J connectivity index is 3.88. The van der Waals surface area contributed by atoms with Gasteiger partial charge in [-0.05, 0) is 12.8 Å². The number of phosphoric ester groups is 1. The Labute approximate surface area is 556 Å². The molecule has 2 atom stereocenters. The van der Waals surface area contributed by atoms with Gasteiger partial charge >= 0.3 is 11.9 Å². The van der Waals surface area contributed by atoms with Crippen LogP contribution in [-0.4, -0.2) is 70.0 Å². The minimum absolute atomic E-state index is 0.0246. The van der Waals surface area contributed by atoms with Crippen molar-refractivity contribution < 1.29 is 42.1 Å². The maximum atomic E-state index is 12.9. The van der Waals surface area contributed by atoms with E-state index in [1.165, 1.54) is 379 Å². The van der Waals surface area contributed by atoms with Gasteiger partial charge in [0.05, 0.1) is 27.7 Å². The van der Waals surface area contributed by atoms with Crippen molar-refractivity contribution in [1.82, 2.24) is 0 Å². The van der Waals surface area contributed by atoms with Crippen molar-refractivity contribution in [3.63, 3.8) is 0 Å². The fraction of sp³-hybridized carbons (Fsp3) is 0.975. The molecule has 9 nitrogen and oxygen atoms in total. The number of esters is 2. The van der Waals surface area contributed by atoms with Gasteiger partial charge in [0.2, 0.25) is 0 Å². The van der Waals surface area contributed by atoms with Gasteiger partial charge in [0.1, 0.15) is 19.8 Å². The number of nitrogens with zero attached hydrogens (tertiary/aromatic N) is 1. The summed E-state index contributed by atoms with van der Waals surface area (Å²) in [7, 11) is 1.20. The first kappa shape index (κ1) is 88.0. The van der Waals surface area contributed by atoms with Crippen molar-refractivity contribution in [3.8, 4) is 0 Å². The molecule has 0 saturated carbocycles. The summed E-state index contributed by atoms with van der Waals surface area (Å²) < 4.78 is 34.4. The van der Waals surface area contributed by atoms with Gasteiger partial charge in [0.15, 0.2) is 6.10 Å². The SMILES string of the molecule is CCCCCCCCCCCCCCCCCCCCCCCCCCCCCCCCCCCCCCC(=O)OC(COC(=O)CCCCCCCCCCCCCCCCCCCCCCCCCCCCCCC)COP(=O)([O-])OCC[N+](C)(C)C. The fourth-order valence-corrected chi connectivity index (χ4v) is 13.5. The highest BCUT2D eigenvalue weighted by Crippen LogP contribution is 2.38. The second kappa shape index (κ2) is 71.3. The van der Waals surface area contributed by atoms with Crippen molar-refractivity contribution in [3.05, 3.63) is 0 Å². The summed E-state index contributed by atoms with van der Waals surface area (Å²) in [5.74, 6) is -0.800. The highest BCUT2D eigenvalue weighted by Gasteiger charge is 2.22. The zero-order valence-electron chi connectivity index (χ0n) is 60.9. The summed E-state index contributed by atoms with van der Waals surface area (Å²) in [6, 6.07) is 0. The Morgan fingerprint density at radius 2 is 0.506 bits per heavy atom. The molecule has 0 N–H and O–H groups in total. The van der Waals surface area contributed by atoms with Crippen LogP contribution < -0.4 is 4.89 Å². The van der Waals surface area contributed by atoms with Crippen molar-refractivity contribution in [1.29, 1.82) is 0 Å². The largest absolute Gasteiger partial charge is 0.756 e. The highest BCUT2D eigenvalue weighted by atomic mass is 31.2. The molecule has 2 unspecified atom stereocenters. The minimum Gasteiger partial charge on any atom is -0.756 e. The van der Waals surface area contributed by atoms with E-state index >= 15 is 0 Å². The molecule has 0 aliphatic heterocycles. The molecule has 0 aromatic carbocycles. The summed E-state index contributed by atoms with van der Waals surface area (Å²) in [5, 5.41) is 0. The molecule has 0 aromatic heterocycles. The second-order valence-corrected chi connectivity index (χ2v) is 30.6. The van der Waals surface area contributed by atoms with Crippen molar-refractivity contribution in [2.45, 2.75) is 450 Å². The van der Waals surface area contributed by atoms with E-state index in [4.69, 9.17) is 18.5 Å². The van der Waals surface area contributed by atoms with Gasteiger partial charge < -0.3 is 27.9 Å². The van der Waals surface area contributed by atoms with Crippen LogP contribution in [0.3, 0.4) is 0 Å². The number of rotatable bonds is 77. The molecule has 0 rings (SSSR count). The Morgan fingerprint density at radius 3 is 0.719 bits per heavy atom. The number of carbonyl (C=O) groups excluding carboxylic acids is 2. The molecular weight excluding hydrogens is 1120 g/mol. The second-order valence-electron chi connectivity index (χ2n) is 29.2. The summed E-state index contributed by atoms with van der Waals surface area (Å²) >= 11 is 0. The number of hydrogen-bond acceptors (Lipinski definition) is 8. The van der Waals surface area contributed by atoms with E-state index in [-0.39, 0.29) is 32.0 Å². The molecule has 0 radical (unpaired) electrons. The van der Waals surface area contributed by atoms with Crippen molar-refractivity contribution in [2.24, 2.45) is 0 Å². The Hall–Kier alpha value is -0.990. The molecule has 0 saturated heterocycles. The van der Waals surface area contributed by atoms with Gasteiger partial charge in [0, 0.05) is 12.8 Å². The van der Waals surface area contributed by atoms with Crippen LogP contribution in [0.5, 0.6) is 0 Å². The third-order valence-electron chi connectivity index (χ3n) is 18.9. The van der Waals surface area contributed by atoms with Crippen LogP contribution in [-0.2, 0) is 32.7 Å². The van der Waals surface area contributed by atoms with E-state index < -0.39 is 26.5 Å². The summed E-state index contributed by atoms with van der Waals surface area (Å²) in [5.41, 5.74) is 0. The third-order valence-corrected chi connectivity index (χ3v) is 19.8. The van der Waals surface area contributed by atoms with Crippen LogP contribution in [0, 0.1) is 0 Å². The Bertz CT molecular complexity index is 1460. The first-order valence-electron chi connectivity index (χ1n) is 40.2. The lowest BCUT2D eigenvalue weighted by Gasteiger charge is -2.28. The van der Waals surface area contributed by atoms with Crippen LogP contribution in [0.4, 0.5) is 0 Å². The molecule has 0 aromatic rings. The van der Waals surface area contributed by atoms with Crippen LogP contribution >= 0.6 is 7.82 Å². The predicted molar refractivity (Wildman–Crippen MR) is 384 cm³/mol. The van der Waals surface area contributed by atoms with Crippen LogP contribution in [0.25, 0.3) is 0 Å². The maximum absolute atomic E-state index is 12.9. The normalized spacial score (nSPS) is 12.9. The van der Waals surface area contributed by atoms with E-state index in [2.05, 4.69) is 13.8 Å². The number of unbranched alkanes of at least 4 members (excludes halogenated alkanes) is 63. The molecule has 532 valence electrons. The number of carbonyl (C=O) groups is 2. The Kier molecular flexibility index (Phi) is 70.5. The molecule has 0 amide bonds. The van der Waals surface area contributed by atoms with Crippen molar-refractivity contribution in [2.75, 3.05) is 47.5 Å². The average molecular weight is 1280 g/mol. The molecule has 0 heterocycles. The molecule has 0 spiro atoms. The minimum atomic E-state index is -4.64. The maximum Gasteiger partial charge on any atom is 0.306 e. The van der Waals surface area contributed by atoms with Gasteiger partial charge in [-0.15, -0.1) is 0 Å². The van der Waals surface area contributed by atoms with E-state index in [1.807, 2.05) is 21.1 Å². The van der Waals surface area contributed by atoms with Gasteiger partial charge in [-0.2, -0.15) is 0 Å². The van der Waals surface area contributed by atoms with E-state index in [0.717, 1.165) is 32.1 Å². The molecule has 0 aliphatic carbocycles. The van der Waals surface area contributed by atoms with Crippen molar-refractivity contribution >= 4 is 19.8 Å². The zero-order chi connectivity index (χ0) is 64.8. The average Bonchev–Trinajstić information content (AvgIpc) is 3.62. The zero-order valence-corrected chi connectivity index (χ0v) is 61.8.